The maximum absolute atomic E-state index is 11.7. The molecule has 3 heteroatoms. The number of esters is 1. The fourth-order valence-corrected chi connectivity index (χ4v) is 2.07. The van der Waals surface area contributed by atoms with Crippen LogP contribution in [0.3, 0.4) is 0 Å². The van der Waals surface area contributed by atoms with E-state index in [1.165, 1.54) is 12.8 Å². The van der Waals surface area contributed by atoms with Crippen LogP contribution in [0.1, 0.15) is 59.8 Å². The van der Waals surface area contributed by atoms with Crippen molar-refractivity contribution in [1.29, 1.82) is 0 Å². The molecule has 1 atom stereocenters. The lowest BCUT2D eigenvalue weighted by Gasteiger charge is -2.29. The van der Waals surface area contributed by atoms with Gasteiger partial charge in [-0.25, -0.2) is 0 Å². The Labute approximate surface area is 105 Å². The molecule has 1 aliphatic rings. The zero-order valence-electron chi connectivity index (χ0n) is 11.7. The fourth-order valence-electron chi connectivity index (χ4n) is 2.07. The van der Waals surface area contributed by atoms with Gasteiger partial charge in [0.05, 0.1) is 6.42 Å². The van der Waals surface area contributed by atoms with Crippen LogP contribution in [-0.4, -0.2) is 18.1 Å². The van der Waals surface area contributed by atoms with Crippen molar-refractivity contribution in [3.63, 3.8) is 0 Å². The van der Waals surface area contributed by atoms with Crippen molar-refractivity contribution < 1.29 is 9.53 Å². The van der Waals surface area contributed by atoms with Crippen LogP contribution < -0.4 is 5.73 Å². The summed E-state index contributed by atoms with van der Waals surface area (Å²) >= 11 is 0. The molecule has 1 fully saturated rings. The Balaban J connectivity index is 2.30. The summed E-state index contributed by atoms with van der Waals surface area (Å²) in [5.41, 5.74) is 5.94. The second-order valence-corrected chi connectivity index (χ2v) is 6.55. The van der Waals surface area contributed by atoms with Crippen LogP contribution >= 0.6 is 0 Å². The summed E-state index contributed by atoms with van der Waals surface area (Å²) < 4.78 is 5.49. The number of nitrogens with two attached hydrogens (primary N) is 1. The van der Waals surface area contributed by atoms with E-state index in [0.717, 1.165) is 18.8 Å². The number of hydrogen-bond donors (Lipinski definition) is 1. The maximum atomic E-state index is 11.7. The quantitative estimate of drug-likeness (QED) is 0.773. The number of carbonyl (C=O) groups excluding carboxylic acids is 1. The van der Waals surface area contributed by atoms with Gasteiger partial charge in [0.15, 0.2) is 0 Å². The van der Waals surface area contributed by atoms with Crippen molar-refractivity contribution in [2.75, 3.05) is 0 Å². The average molecular weight is 241 g/mol. The van der Waals surface area contributed by atoms with E-state index in [0.29, 0.717) is 6.42 Å². The summed E-state index contributed by atoms with van der Waals surface area (Å²) in [6.07, 6.45) is 4.82. The van der Waals surface area contributed by atoms with Crippen LogP contribution in [-0.2, 0) is 9.53 Å². The van der Waals surface area contributed by atoms with E-state index in [1.807, 2.05) is 20.8 Å². The van der Waals surface area contributed by atoms with Crippen LogP contribution in [0.15, 0.2) is 0 Å². The summed E-state index contributed by atoms with van der Waals surface area (Å²) in [5, 5.41) is 0. The van der Waals surface area contributed by atoms with Gasteiger partial charge in [0.1, 0.15) is 6.10 Å². The summed E-state index contributed by atoms with van der Waals surface area (Å²) in [4.78, 5) is 11.7. The Morgan fingerprint density at radius 1 is 1.29 bits per heavy atom. The number of hydrogen-bond acceptors (Lipinski definition) is 3. The average Bonchev–Trinajstić information content (AvgIpc) is 2.20. The zero-order valence-corrected chi connectivity index (χ0v) is 11.7. The highest BCUT2D eigenvalue weighted by molar-refractivity contribution is 5.70. The lowest BCUT2D eigenvalue weighted by Crippen LogP contribution is -2.38. The molecule has 0 aromatic heterocycles. The molecule has 1 aliphatic carbocycles. The van der Waals surface area contributed by atoms with E-state index in [-0.39, 0.29) is 23.5 Å². The minimum atomic E-state index is -0.132. The molecule has 0 aromatic rings. The Hall–Kier alpha value is -0.570. The highest BCUT2D eigenvalue weighted by atomic mass is 16.5. The van der Waals surface area contributed by atoms with Crippen LogP contribution in [0.25, 0.3) is 0 Å². The van der Waals surface area contributed by atoms with E-state index >= 15 is 0 Å². The van der Waals surface area contributed by atoms with Crippen molar-refractivity contribution in [3.8, 4) is 0 Å². The van der Waals surface area contributed by atoms with E-state index in [2.05, 4.69) is 6.92 Å². The first-order valence-electron chi connectivity index (χ1n) is 6.74. The number of ether oxygens (including phenoxy) is 1. The van der Waals surface area contributed by atoms with Gasteiger partial charge < -0.3 is 10.5 Å². The first kappa shape index (κ1) is 14.5. The van der Waals surface area contributed by atoms with Crippen LogP contribution in [0, 0.1) is 11.3 Å². The molecule has 1 rings (SSSR count). The van der Waals surface area contributed by atoms with Gasteiger partial charge in [-0.15, -0.1) is 0 Å². The third-order valence-corrected chi connectivity index (χ3v) is 3.76. The zero-order chi connectivity index (χ0) is 13.1. The molecule has 1 unspecified atom stereocenters. The molecular weight excluding hydrogens is 214 g/mol. The highest BCUT2D eigenvalue weighted by Gasteiger charge is 2.26. The Morgan fingerprint density at radius 2 is 1.82 bits per heavy atom. The molecule has 0 aliphatic heterocycles. The smallest absolute Gasteiger partial charge is 0.307 e. The largest absolute Gasteiger partial charge is 0.462 e. The summed E-state index contributed by atoms with van der Waals surface area (Å²) in [7, 11) is 0. The molecule has 0 amide bonds. The number of carbonyl (C=O) groups is 1. The Kier molecular flexibility index (Phi) is 4.99. The van der Waals surface area contributed by atoms with E-state index in [4.69, 9.17) is 10.5 Å². The van der Waals surface area contributed by atoms with Gasteiger partial charge >= 0.3 is 5.97 Å². The first-order valence-corrected chi connectivity index (χ1v) is 6.74. The van der Waals surface area contributed by atoms with Crippen molar-refractivity contribution in [3.05, 3.63) is 0 Å². The monoisotopic (exact) mass is 241 g/mol. The van der Waals surface area contributed by atoms with Gasteiger partial charge in [-0.1, -0.05) is 27.7 Å². The summed E-state index contributed by atoms with van der Waals surface area (Å²) in [5.74, 6) is 0.647. The molecule has 17 heavy (non-hydrogen) atoms. The second-order valence-electron chi connectivity index (χ2n) is 6.55. The summed E-state index contributed by atoms with van der Waals surface area (Å²) in [6.45, 7) is 8.40. The molecule has 0 heterocycles. The molecule has 2 N–H and O–H groups in total. The molecule has 0 radical (unpaired) electrons. The van der Waals surface area contributed by atoms with Gasteiger partial charge in [0, 0.05) is 6.04 Å². The third kappa shape index (κ3) is 5.07. The van der Waals surface area contributed by atoms with E-state index in [1.54, 1.807) is 0 Å². The molecular formula is C14H27NO2. The standard InChI is InChI=1S/C14H27NO2/c1-10-5-7-11(8-6-10)17-13(16)9-12(15)14(2,3)4/h10-12H,5-9,15H2,1-4H3. The highest BCUT2D eigenvalue weighted by Crippen LogP contribution is 2.26. The topological polar surface area (TPSA) is 52.3 Å². The van der Waals surface area contributed by atoms with E-state index < -0.39 is 0 Å². The van der Waals surface area contributed by atoms with Crippen LogP contribution in [0.5, 0.6) is 0 Å². The summed E-state index contributed by atoms with van der Waals surface area (Å²) in [6, 6.07) is -0.127. The second kappa shape index (κ2) is 5.85. The Morgan fingerprint density at radius 3 is 2.29 bits per heavy atom. The van der Waals surface area contributed by atoms with Crippen molar-refractivity contribution in [1.82, 2.24) is 0 Å². The van der Waals surface area contributed by atoms with E-state index in [9.17, 15) is 4.79 Å². The van der Waals surface area contributed by atoms with Crippen LogP contribution in [0.4, 0.5) is 0 Å². The van der Waals surface area contributed by atoms with Crippen molar-refractivity contribution in [2.45, 2.75) is 71.9 Å². The normalized spacial score (nSPS) is 27.6. The van der Waals surface area contributed by atoms with Crippen molar-refractivity contribution in [2.24, 2.45) is 17.1 Å². The van der Waals surface area contributed by atoms with Gasteiger partial charge in [-0.2, -0.15) is 0 Å². The van der Waals surface area contributed by atoms with Gasteiger partial charge in [0.25, 0.3) is 0 Å². The maximum Gasteiger partial charge on any atom is 0.307 e. The molecule has 3 nitrogen and oxygen atoms in total. The fraction of sp³-hybridized carbons (Fsp3) is 0.929. The SMILES string of the molecule is CC1CCC(OC(=O)CC(N)C(C)(C)C)CC1. The van der Waals surface area contributed by atoms with Gasteiger partial charge in [-0.3, -0.25) is 4.79 Å². The lowest BCUT2D eigenvalue weighted by atomic mass is 9.85. The predicted molar refractivity (Wildman–Crippen MR) is 69.6 cm³/mol. The molecule has 0 bridgehead atoms. The molecule has 100 valence electrons. The molecule has 0 saturated heterocycles. The van der Waals surface area contributed by atoms with Gasteiger partial charge in [0.2, 0.25) is 0 Å². The number of rotatable bonds is 3. The minimum Gasteiger partial charge on any atom is -0.462 e. The predicted octanol–water partition coefficient (Wildman–Crippen LogP) is 2.87. The van der Waals surface area contributed by atoms with Crippen molar-refractivity contribution >= 4 is 5.97 Å². The lowest BCUT2D eigenvalue weighted by molar-refractivity contribution is -0.151. The van der Waals surface area contributed by atoms with Gasteiger partial charge in [-0.05, 0) is 37.0 Å². The van der Waals surface area contributed by atoms with Crippen LogP contribution in [0.2, 0.25) is 0 Å². The third-order valence-electron chi connectivity index (χ3n) is 3.76. The molecule has 0 aromatic carbocycles. The Bertz CT molecular complexity index is 249. The molecule has 0 spiro atoms. The molecule has 1 saturated carbocycles. The first-order chi connectivity index (χ1) is 7.79. The minimum absolute atomic E-state index is 0.0416.